The third-order valence-electron chi connectivity index (χ3n) is 3.28. The summed E-state index contributed by atoms with van der Waals surface area (Å²) in [6, 6.07) is 2.80. The van der Waals surface area contributed by atoms with E-state index in [0.717, 1.165) is 37.1 Å². The zero-order valence-corrected chi connectivity index (χ0v) is 10.8. The Morgan fingerprint density at radius 2 is 2.11 bits per heavy atom. The van der Waals surface area contributed by atoms with Crippen LogP contribution in [-0.4, -0.2) is 19.5 Å². The van der Waals surface area contributed by atoms with Crippen LogP contribution < -0.4 is 0 Å². The van der Waals surface area contributed by atoms with Gasteiger partial charge in [0.05, 0.1) is 10.6 Å². The Bertz CT molecular complexity index is 653. The first-order valence-corrected chi connectivity index (χ1v) is 6.41. The maximum Gasteiger partial charge on any atom is 0.312 e. The van der Waals surface area contributed by atoms with Crippen LogP contribution in [0.3, 0.4) is 0 Å². The fraction of sp³-hybridized carbons (Fsp3) is 0.333. The van der Waals surface area contributed by atoms with Gasteiger partial charge in [-0.15, -0.1) is 0 Å². The maximum absolute atomic E-state index is 11.1. The summed E-state index contributed by atoms with van der Waals surface area (Å²) >= 11 is 5.85. The first-order valence-electron chi connectivity index (χ1n) is 6.03. The molecule has 0 aromatic carbocycles. The lowest BCUT2D eigenvalue weighted by atomic mass is 10.0. The average Bonchev–Trinajstić information content (AvgIpc) is 2.82. The van der Waals surface area contributed by atoms with Gasteiger partial charge in [0.25, 0.3) is 0 Å². The summed E-state index contributed by atoms with van der Waals surface area (Å²) in [6.07, 6.45) is 5.54. The lowest BCUT2D eigenvalue weighted by Crippen LogP contribution is -2.09. The van der Waals surface area contributed by atoms with Crippen molar-refractivity contribution in [1.82, 2.24) is 14.5 Å². The van der Waals surface area contributed by atoms with Gasteiger partial charge in [-0.1, -0.05) is 11.6 Å². The number of halogens is 1. The fourth-order valence-corrected chi connectivity index (χ4v) is 2.53. The Labute approximate surface area is 114 Å². The quantitative estimate of drug-likeness (QED) is 0.481. The molecule has 1 aliphatic rings. The molecule has 6 nitrogen and oxygen atoms in total. The summed E-state index contributed by atoms with van der Waals surface area (Å²) in [5.41, 5.74) is 1.95. The summed E-state index contributed by atoms with van der Waals surface area (Å²) in [4.78, 5) is 19.0. The topological polar surface area (TPSA) is 73.8 Å². The molecule has 0 radical (unpaired) electrons. The molecular weight excluding hydrogens is 268 g/mol. The largest absolute Gasteiger partial charge is 0.312 e. The van der Waals surface area contributed by atoms with Crippen molar-refractivity contribution < 1.29 is 4.92 Å². The number of pyridine rings is 1. The molecule has 2 aromatic rings. The van der Waals surface area contributed by atoms with Crippen molar-refractivity contribution in [1.29, 1.82) is 0 Å². The van der Waals surface area contributed by atoms with Crippen LogP contribution in [0.15, 0.2) is 18.5 Å². The van der Waals surface area contributed by atoms with Crippen molar-refractivity contribution in [2.24, 2.45) is 0 Å². The van der Waals surface area contributed by atoms with Crippen LogP contribution in [0, 0.1) is 10.1 Å². The predicted molar refractivity (Wildman–Crippen MR) is 69.7 cm³/mol. The number of rotatable bonds is 2. The molecular formula is C12H11ClN4O2. The standard InChI is InChI=1S/C12H11ClN4O2/c13-11-6-5-10(17(18)19)12(15-11)16-7-14-8-3-1-2-4-9(8)16/h5-7H,1-4H2. The van der Waals surface area contributed by atoms with Gasteiger partial charge in [-0.3, -0.25) is 14.7 Å². The van der Waals surface area contributed by atoms with Gasteiger partial charge >= 0.3 is 5.69 Å². The summed E-state index contributed by atoms with van der Waals surface area (Å²) in [5.74, 6) is 0.244. The van der Waals surface area contributed by atoms with Crippen LogP contribution in [0.5, 0.6) is 0 Å². The minimum absolute atomic E-state index is 0.0600. The molecule has 0 aliphatic heterocycles. The molecule has 0 atom stereocenters. The van der Waals surface area contributed by atoms with E-state index in [9.17, 15) is 10.1 Å². The van der Waals surface area contributed by atoms with E-state index in [1.807, 2.05) is 0 Å². The molecule has 7 heteroatoms. The van der Waals surface area contributed by atoms with Crippen LogP contribution in [-0.2, 0) is 12.8 Å². The molecule has 19 heavy (non-hydrogen) atoms. The summed E-state index contributed by atoms with van der Waals surface area (Å²) in [7, 11) is 0. The molecule has 2 heterocycles. The number of fused-ring (bicyclic) bond motifs is 1. The second kappa shape index (κ2) is 4.62. The highest BCUT2D eigenvalue weighted by atomic mass is 35.5. The molecule has 0 saturated carbocycles. The monoisotopic (exact) mass is 278 g/mol. The highest BCUT2D eigenvalue weighted by molar-refractivity contribution is 6.29. The second-order valence-corrected chi connectivity index (χ2v) is 4.84. The lowest BCUT2D eigenvalue weighted by molar-refractivity contribution is -0.384. The lowest BCUT2D eigenvalue weighted by Gasteiger charge is -2.13. The smallest absolute Gasteiger partial charge is 0.281 e. The van der Waals surface area contributed by atoms with E-state index >= 15 is 0 Å². The Morgan fingerprint density at radius 1 is 1.32 bits per heavy atom. The number of aromatic nitrogens is 3. The van der Waals surface area contributed by atoms with E-state index in [4.69, 9.17) is 11.6 Å². The Hall–Kier alpha value is -1.95. The number of imidazole rings is 1. The van der Waals surface area contributed by atoms with Crippen molar-refractivity contribution in [3.05, 3.63) is 45.1 Å². The normalized spacial score (nSPS) is 14.2. The molecule has 0 fully saturated rings. The van der Waals surface area contributed by atoms with Gasteiger partial charge in [-0.2, -0.15) is 0 Å². The number of hydrogen-bond donors (Lipinski definition) is 0. The van der Waals surface area contributed by atoms with Crippen molar-refractivity contribution >= 4 is 17.3 Å². The molecule has 0 unspecified atom stereocenters. The van der Waals surface area contributed by atoms with Crippen LogP contribution in [0.4, 0.5) is 5.69 Å². The van der Waals surface area contributed by atoms with Crippen LogP contribution in [0.2, 0.25) is 5.15 Å². The van der Waals surface area contributed by atoms with Gasteiger partial charge in [0.1, 0.15) is 11.5 Å². The minimum atomic E-state index is -0.451. The van der Waals surface area contributed by atoms with Crippen LogP contribution >= 0.6 is 11.6 Å². The van der Waals surface area contributed by atoms with E-state index in [1.165, 1.54) is 12.1 Å². The molecule has 1 aliphatic carbocycles. The highest BCUT2D eigenvalue weighted by Crippen LogP contribution is 2.28. The van der Waals surface area contributed by atoms with Crippen molar-refractivity contribution in [3.63, 3.8) is 0 Å². The first kappa shape index (κ1) is 12.1. The Morgan fingerprint density at radius 3 is 2.89 bits per heavy atom. The van der Waals surface area contributed by atoms with Crippen LogP contribution in [0.25, 0.3) is 5.82 Å². The predicted octanol–water partition coefficient (Wildman–Crippen LogP) is 2.71. The van der Waals surface area contributed by atoms with E-state index in [-0.39, 0.29) is 16.7 Å². The highest BCUT2D eigenvalue weighted by Gasteiger charge is 2.23. The molecule has 0 amide bonds. The van der Waals surface area contributed by atoms with Gasteiger partial charge in [-0.25, -0.2) is 9.97 Å². The molecule has 0 bridgehead atoms. The molecule has 0 N–H and O–H groups in total. The van der Waals surface area contributed by atoms with Crippen molar-refractivity contribution in [3.8, 4) is 5.82 Å². The molecule has 3 rings (SSSR count). The van der Waals surface area contributed by atoms with Crippen molar-refractivity contribution in [2.45, 2.75) is 25.7 Å². The molecule has 98 valence electrons. The van der Waals surface area contributed by atoms with Gasteiger partial charge < -0.3 is 0 Å². The average molecular weight is 279 g/mol. The second-order valence-electron chi connectivity index (χ2n) is 4.45. The zero-order chi connectivity index (χ0) is 13.4. The number of aryl methyl sites for hydroxylation is 1. The summed E-state index contributed by atoms with van der Waals surface area (Å²) in [6.45, 7) is 0. The zero-order valence-electron chi connectivity index (χ0n) is 10.0. The van der Waals surface area contributed by atoms with Gasteiger partial charge in [0, 0.05) is 11.8 Å². The number of hydrogen-bond acceptors (Lipinski definition) is 4. The number of nitro groups is 1. The fourth-order valence-electron chi connectivity index (χ4n) is 2.39. The minimum Gasteiger partial charge on any atom is -0.281 e. The third kappa shape index (κ3) is 2.08. The van der Waals surface area contributed by atoms with Gasteiger partial charge in [0.2, 0.25) is 5.82 Å². The molecule has 2 aromatic heterocycles. The van der Waals surface area contributed by atoms with Gasteiger partial charge in [-0.05, 0) is 31.7 Å². The van der Waals surface area contributed by atoms with Gasteiger partial charge in [0.15, 0.2) is 0 Å². The van der Waals surface area contributed by atoms with E-state index < -0.39 is 4.92 Å². The summed E-state index contributed by atoms with van der Waals surface area (Å²) in [5, 5.41) is 11.3. The molecule has 0 saturated heterocycles. The first-order chi connectivity index (χ1) is 9.16. The van der Waals surface area contributed by atoms with E-state index in [0.29, 0.717) is 0 Å². The van der Waals surface area contributed by atoms with E-state index in [2.05, 4.69) is 9.97 Å². The third-order valence-corrected chi connectivity index (χ3v) is 3.49. The van der Waals surface area contributed by atoms with Crippen LogP contribution in [0.1, 0.15) is 24.2 Å². The molecule has 0 spiro atoms. The number of nitrogens with zero attached hydrogens (tertiary/aromatic N) is 4. The van der Waals surface area contributed by atoms with E-state index in [1.54, 1.807) is 10.9 Å². The maximum atomic E-state index is 11.1. The van der Waals surface area contributed by atoms with Crippen molar-refractivity contribution in [2.75, 3.05) is 0 Å². The Balaban J connectivity index is 2.19. The summed E-state index contributed by atoms with van der Waals surface area (Å²) < 4.78 is 1.69. The Kier molecular flexibility index (Phi) is 2.94. The SMILES string of the molecule is O=[N+]([O-])c1ccc(Cl)nc1-n1cnc2c1CCCC2.